The second-order valence-corrected chi connectivity index (χ2v) is 4.95. The molecule has 0 saturated carbocycles. The van der Waals surface area contributed by atoms with Gasteiger partial charge in [-0.05, 0) is 42.7 Å². The zero-order valence-electron chi connectivity index (χ0n) is 11.6. The first-order valence-electron chi connectivity index (χ1n) is 6.57. The van der Waals surface area contributed by atoms with Crippen LogP contribution in [-0.4, -0.2) is 15.2 Å². The quantitative estimate of drug-likeness (QED) is 0.773. The fraction of sp³-hybridized carbons (Fsp3) is 0.188. The molecule has 1 aromatic carbocycles. The summed E-state index contributed by atoms with van der Waals surface area (Å²) in [4.78, 5) is 4.38. The molecule has 4 nitrogen and oxygen atoms in total. The summed E-state index contributed by atoms with van der Waals surface area (Å²) in [6, 6.07) is 10.2. The number of nitrogens with zero attached hydrogens (tertiary/aromatic N) is 3. The van der Waals surface area contributed by atoms with Crippen LogP contribution >= 0.6 is 0 Å². The molecule has 0 spiro atoms. The van der Waals surface area contributed by atoms with Gasteiger partial charge in [-0.2, -0.15) is 5.10 Å². The number of hydrogen-bond acceptors (Lipinski definition) is 4. The third-order valence-electron chi connectivity index (χ3n) is 3.76. The highest BCUT2D eigenvalue weighted by Gasteiger charge is 2.10. The van der Waals surface area contributed by atoms with Gasteiger partial charge in [-0.15, -0.1) is 5.10 Å². The van der Waals surface area contributed by atoms with Crippen LogP contribution in [0.3, 0.4) is 0 Å². The Labute approximate surface area is 117 Å². The Morgan fingerprint density at radius 2 is 1.80 bits per heavy atom. The maximum absolute atomic E-state index is 5.79. The summed E-state index contributed by atoms with van der Waals surface area (Å²) in [6.07, 6.45) is 2.58. The predicted molar refractivity (Wildman–Crippen MR) is 80.5 cm³/mol. The van der Waals surface area contributed by atoms with Gasteiger partial charge in [0.15, 0.2) is 0 Å². The third kappa shape index (κ3) is 2.09. The van der Waals surface area contributed by atoms with E-state index in [2.05, 4.69) is 21.2 Å². The average molecular weight is 264 g/mol. The highest BCUT2D eigenvalue weighted by atomic mass is 15.1. The molecule has 0 radical (unpaired) electrons. The molecule has 2 aromatic heterocycles. The maximum Gasteiger partial charge on any atom is 0.149 e. The smallest absolute Gasteiger partial charge is 0.149 e. The van der Waals surface area contributed by atoms with E-state index >= 15 is 0 Å². The van der Waals surface area contributed by atoms with Crippen molar-refractivity contribution in [3.8, 4) is 0 Å². The minimum Gasteiger partial charge on any atom is -0.382 e. The first-order chi connectivity index (χ1) is 9.66. The molecule has 0 atom stereocenters. The molecule has 3 rings (SSSR count). The van der Waals surface area contributed by atoms with E-state index in [-0.39, 0.29) is 0 Å². The lowest BCUT2D eigenvalue weighted by atomic mass is 10.0. The number of nitrogen functional groups attached to an aromatic ring is 1. The fourth-order valence-electron chi connectivity index (χ4n) is 2.33. The van der Waals surface area contributed by atoms with Gasteiger partial charge in [-0.3, -0.25) is 4.98 Å². The lowest BCUT2D eigenvalue weighted by molar-refractivity contribution is 0.915. The number of aromatic nitrogens is 3. The van der Waals surface area contributed by atoms with Crippen LogP contribution in [0.4, 0.5) is 5.82 Å². The molecule has 0 aliphatic heterocycles. The predicted octanol–water partition coefficient (Wildman–Crippen LogP) is 2.81. The molecular formula is C16H16N4. The SMILES string of the molecule is Cc1c(N)nnc(Cc2ccnc3ccccc23)c1C. The van der Waals surface area contributed by atoms with E-state index < -0.39 is 0 Å². The number of rotatable bonds is 2. The summed E-state index contributed by atoms with van der Waals surface area (Å²) in [6.45, 7) is 4.02. The summed E-state index contributed by atoms with van der Waals surface area (Å²) in [5.74, 6) is 0.505. The van der Waals surface area contributed by atoms with E-state index in [1.54, 1.807) is 0 Å². The number of hydrogen-bond donors (Lipinski definition) is 1. The molecule has 0 aliphatic carbocycles. The zero-order chi connectivity index (χ0) is 14.1. The lowest BCUT2D eigenvalue weighted by Crippen LogP contribution is -2.05. The van der Waals surface area contributed by atoms with Crippen molar-refractivity contribution in [3.05, 3.63) is 58.9 Å². The van der Waals surface area contributed by atoms with E-state index in [0.717, 1.165) is 34.1 Å². The Balaban J connectivity index is 2.08. The number of pyridine rings is 1. The standard InChI is InChI=1S/C16H16N4/c1-10-11(2)16(17)20-19-15(10)9-12-7-8-18-14-6-4-3-5-13(12)14/h3-8H,9H2,1-2H3,(H2,17,20). The van der Waals surface area contributed by atoms with Crippen LogP contribution in [0.5, 0.6) is 0 Å². The first-order valence-corrected chi connectivity index (χ1v) is 6.57. The van der Waals surface area contributed by atoms with Crippen LogP contribution in [0.1, 0.15) is 22.4 Å². The summed E-state index contributed by atoms with van der Waals surface area (Å²) in [7, 11) is 0. The molecule has 0 saturated heterocycles. The van der Waals surface area contributed by atoms with Gasteiger partial charge in [-0.25, -0.2) is 0 Å². The molecule has 0 bridgehead atoms. The van der Waals surface area contributed by atoms with Crippen molar-refractivity contribution in [1.29, 1.82) is 0 Å². The highest BCUT2D eigenvalue weighted by molar-refractivity contribution is 5.82. The molecule has 3 aromatic rings. The van der Waals surface area contributed by atoms with Crippen LogP contribution < -0.4 is 5.73 Å². The molecule has 0 fully saturated rings. The molecule has 0 aliphatic rings. The van der Waals surface area contributed by atoms with Crippen LogP contribution in [0.15, 0.2) is 36.5 Å². The van der Waals surface area contributed by atoms with E-state index in [1.165, 1.54) is 5.56 Å². The van der Waals surface area contributed by atoms with Crippen molar-refractivity contribution in [2.24, 2.45) is 0 Å². The largest absolute Gasteiger partial charge is 0.382 e. The number of fused-ring (bicyclic) bond motifs is 1. The molecule has 2 heterocycles. The van der Waals surface area contributed by atoms with E-state index in [0.29, 0.717) is 5.82 Å². The molecule has 0 unspecified atom stereocenters. The van der Waals surface area contributed by atoms with Crippen LogP contribution in [0.2, 0.25) is 0 Å². The van der Waals surface area contributed by atoms with Gasteiger partial charge in [0.2, 0.25) is 0 Å². The summed E-state index contributed by atoms with van der Waals surface area (Å²) in [5, 5.41) is 9.43. The molecule has 100 valence electrons. The van der Waals surface area contributed by atoms with Gasteiger partial charge in [0.25, 0.3) is 0 Å². The minimum atomic E-state index is 0.505. The van der Waals surface area contributed by atoms with Gasteiger partial charge in [-0.1, -0.05) is 18.2 Å². The van der Waals surface area contributed by atoms with Gasteiger partial charge in [0.1, 0.15) is 5.82 Å². The van der Waals surface area contributed by atoms with Gasteiger partial charge in [0.05, 0.1) is 11.2 Å². The first kappa shape index (κ1) is 12.5. The Hall–Kier alpha value is -2.49. The Kier molecular flexibility index (Phi) is 3.06. The van der Waals surface area contributed by atoms with E-state index in [9.17, 15) is 0 Å². The molecule has 0 amide bonds. The van der Waals surface area contributed by atoms with Gasteiger partial charge < -0.3 is 5.73 Å². The lowest BCUT2D eigenvalue weighted by Gasteiger charge is -2.10. The van der Waals surface area contributed by atoms with Crippen LogP contribution in [0, 0.1) is 13.8 Å². The van der Waals surface area contributed by atoms with Crippen LogP contribution in [-0.2, 0) is 6.42 Å². The Morgan fingerprint density at radius 1 is 1.00 bits per heavy atom. The normalized spacial score (nSPS) is 10.9. The van der Waals surface area contributed by atoms with Crippen molar-refractivity contribution in [1.82, 2.24) is 15.2 Å². The Morgan fingerprint density at radius 3 is 2.65 bits per heavy atom. The Bertz CT molecular complexity index is 775. The molecule has 2 N–H and O–H groups in total. The number of para-hydroxylation sites is 1. The van der Waals surface area contributed by atoms with Gasteiger partial charge in [0, 0.05) is 18.0 Å². The number of nitrogens with two attached hydrogens (primary N) is 1. The van der Waals surface area contributed by atoms with Gasteiger partial charge >= 0.3 is 0 Å². The summed E-state index contributed by atoms with van der Waals surface area (Å²) in [5.41, 5.74) is 11.1. The van der Waals surface area contributed by atoms with Crippen molar-refractivity contribution in [2.45, 2.75) is 20.3 Å². The van der Waals surface area contributed by atoms with E-state index in [1.807, 2.05) is 44.3 Å². The van der Waals surface area contributed by atoms with Crippen LogP contribution in [0.25, 0.3) is 10.9 Å². The maximum atomic E-state index is 5.79. The second-order valence-electron chi connectivity index (χ2n) is 4.95. The highest BCUT2D eigenvalue weighted by Crippen LogP contribution is 2.22. The molecule has 20 heavy (non-hydrogen) atoms. The number of anilines is 1. The second kappa shape index (κ2) is 4.89. The van der Waals surface area contributed by atoms with Crippen molar-refractivity contribution in [2.75, 3.05) is 5.73 Å². The van der Waals surface area contributed by atoms with Crippen molar-refractivity contribution >= 4 is 16.7 Å². The average Bonchev–Trinajstić information content (AvgIpc) is 2.48. The monoisotopic (exact) mass is 264 g/mol. The minimum absolute atomic E-state index is 0.505. The van der Waals surface area contributed by atoms with Crippen molar-refractivity contribution < 1.29 is 0 Å². The summed E-state index contributed by atoms with van der Waals surface area (Å²) < 4.78 is 0. The van der Waals surface area contributed by atoms with E-state index in [4.69, 9.17) is 5.73 Å². The third-order valence-corrected chi connectivity index (χ3v) is 3.76. The zero-order valence-corrected chi connectivity index (χ0v) is 11.6. The fourth-order valence-corrected chi connectivity index (χ4v) is 2.33. The molecule has 4 heteroatoms. The van der Waals surface area contributed by atoms with Crippen molar-refractivity contribution in [3.63, 3.8) is 0 Å². The number of benzene rings is 1. The summed E-state index contributed by atoms with van der Waals surface area (Å²) >= 11 is 0. The molecular weight excluding hydrogens is 248 g/mol. The topological polar surface area (TPSA) is 64.7 Å².